The van der Waals surface area contributed by atoms with E-state index in [0.29, 0.717) is 6.61 Å². The van der Waals surface area contributed by atoms with Gasteiger partial charge in [0.15, 0.2) is 0 Å². The number of ether oxygens (including phenoxy) is 1. The molecule has 0 saturated heterocycles. The van der Waals surface area contributed by atoms with Gasteiger partial charge < -0.3 is 16.6 Å². The zero-order valence-electron chi connectivity index (χ0n) is 10.4. The van der Waals surface area contributed by atoms with E-state index >= 15 is 0 Å². The fourth-order valence-electron chi connectivity index (χ4n) is 1.43. The van der Waals surface area contributed by atoms with Crippen molar-refractivity contribution in [3.8, 4) is 0 Å². The van der Waals surface area contributed by atoms with Crippen LogP contribution < -0.4 is 17.2 Å². The summed E-state index contributed by atoms with van der Waals surface area (Å²) in [6.07, 6.45) is 0.360. The fourth-order valence-corrected chi connectivity index (χ4v) is 1.43. The molecular formula is C12H21N3O2. The summed E-state index contributed by atoms with van der Waals surface area (Å²) in [5.41, 5.74) is 7.55. The van der Waals surface area contributed by atoms with Crippen LogP contribution in [0.5, 0.6) is 0 Å². The number of rotatable bonds is 4. The third-order valence-corrected chi connectivity index (χ3v) is 2.01. The van der Waals surface area contributed by atoms with E-state index in [1.807, 2.05) is 31.2 Å². The zero-order valence-corrected chi connectivity index (χ0v) is 10.4. The first kappa shape index (κ1) is 15.4. The maximum atomic E-state index is 11.2. The van der Waals surface area contributed by atoms with Crippen LogP contribution in [0.15, 0.2) is 24.3 Å². The SMILES string of the molecule is CCOC(=O)Nc1cccc(CC(C)N)c1.N. The molecule has 0 aromatic heterocycles. The Hall–Kier alpha value is -1.59. The van der Waals surface area contributed by atoms with Crippen LogP contribution in [-0.2, 0) is 11.2 Å². The van der Waals surface area contributed by atoms with Gasteiger partial charge in [-0.05, 0) is 38.0 Å². The highest BCUT2D eigenvalue weighted by Crippen LogP contribution is 2.12. The molecule has 0 bridgehead atoms. The van der Waals surface area contributed by atoms with Crippen molar-refractivity contribution in [2.45, 2.75) is 26.3 Å². The van der Waals surface area contributed by atoms with Gasteiger partial charge in [0.25, 0.3) is 0 Å². The number of carbonyl (C=O) groups is 1. The van der Waals surface area contributed by atoms with Gasteiger partial charge in [0.2, 0.25) is 0 Å². The Bertz CT molecular complexity index is 353. The Morgan fingerprint density at radius 1 is 1.53 bits per heavy atom. The Morgan fingerprint density at radius 3 is 2.82 bits per heavy atom. The number of benzene rings is 1. The van der Waals surface area contributed by atoms with Crippen LogP contribution in [0.25, 0.3) is 0 Å². The predicted octanol–water partition coefficient (Wildman–Crippen LogP) is 2.31. The molecule has 17 heavy (non-hydrogen) atoms. The van der Waals surface area contributed by atoms with Crippen molar-refractivity contribution in [3.05, 3.63) is 29.8 Å². The van der Waals surface area contributed by atoms with E-state index in [4.69, 9.17) is 10.5 Å². The zero-order chi connectivity index (χ0) is 12.0. The van der Waals surface area contributed by atoms with E-state index in [1.165, 1.54) is 0 Å². The molecule has 1 amide bonds. The maximum Gasteiger partial charge on any atom is 0.411 e. The van der Waals surface area contributed by atoms with Crippen LogP contribution in [-0.4, -0.2) is 18.7 Å². The van der Waals surface area contributed by atoms with Crippen molar-refractivity contribution in [3.63, 3.8) is 0 Å². The van der Waals surface area contributed by atoms with E-state index < -0.39 is 6.09 Å². The average molecular weight is 239 g/mol. The van der Waals surface area contributed by atoms with Gasteiger partial charge in [-0.15, -0.1) is 0 Å². The molecule has 1 aromatic rings. The van der Waals surface area contributed by atoms with E-state index in [1.54, 1.807) is 6.92 Å². The quantitative estimate of drug-likeness (QED) is 0.750. The van der Waals surface area contributed by atoms with Gasteiger partial charge in [0, 0.05) is 11.7 Å². The standard InChI is InChI=1S/C12H18N2O2.H3N/c1-3-16-12(15)14-11-6-4-5-10(8-11)7-9(2)13;/h4-6,8-9H,3,7,13H2,1-2H3,(H,14,15);1H3. The van der Waals surface area contributed by atoms with E-state index in [9.17, 15) is 4.79 Å². The summed E-state index contributed by atoms with van der Waals surface area (Å²) >= 11 is 0. The highest BCUT2D eigenvalue weighted by molar-refractivity contribution is 5.84. The van der Waals surface area contributed by atoms with Crippen molar-refractivity contribution >= 4 is 11.8 Å². The molecule has 1 atom stereocenters. The third-order valence-electron chi connectivity index (χ3n) is 2.01. The van der Waals surface area contributed by atoms with Crippen molar-refractivity contribution in [2.75, 3.05) is 11.9 Å². The maximum absolute atomic E-state index is 11.2. The summed E-state index contributed by atoms with van der Waals surface area (Å²) in [7, 11) is 0. The number of anilines is 1. The second kappa shape index (κ2) is 7.65. The van der Waals surface area contributed by atoms with Gasteiger partial charge in [-0.25, -0.2) is 4.79 Å². The summed E-state index contributed by atoms with van der Waals surface area (Å²) in [5.74, 6) is 0. The minimum atomic E-state index is -0.430. The van der Waals surface area contributed by atoms with Crippen LogP contribution >= 0.6 is 0 Å². The molecule has 5 heteroatoms. The van der Waals surface area contributed by atoms with Crippen molar-refractivity contribution in [1.82, 2.24) is 6.15 Å². The summed E-state index contributed by atoms with van der Waals surface area (Å²) in [6, 6.07) is 7.71. The third kappa shape index (κ3) is 5.89. The molecule has 0 fully saturated rings. The Kier molecular flexibility index (Phi) is 6.93. The summed E-state index contributed by atoms with van der Waals surface area (Å²) in [4.78, 5) is 11.2. The highest BCUT2D eigenvalue weighted by Gasteiger charge is 2.03. The fraction of sp³-hybridized carbons (Fsp3) is 0.417. The number of nitrogens with two attached hydrogens (primary N) is 1. The van der Waals surface area contributed by atoms with Gasteiger partial charge in [0.1, 0.15) is 0 Å². The van der Waals surface area contributed by atoms with Crippen LogP contribution in [0.2, 0.25) is 0 Å². The van der Waals surface area contributed by atoms with E-state index in [0.717, 1.165) is 17.7 Å². The molecule has 1 rings (SSSR count). The van der Waals surface area contributed by atoms with Gasteiger partial charge in [-0.3, -0.25) is 5.32 Å². The lowest BCUT2D eigenvalue weighted by Gasteiger charge is -2.08. The van der Waals surface area contributed by atoms with Crippen molar-refractivity contribution in [1.29, 1.82) is 0 Å². The number of amides is 1. The molecule has 0 saturated carbocycles. The normalized spacial score (nSPS) is 11.2. The van der Waals surface area contributed by atoms with Crippen molar-refractivity contribution < 1.29 is 9.53 Å². The number of hydrogen-bond donors (Lipinski definition) is 3. The molecule has 1 aromatic carbocycles. The lowest BCUT2D eigenvalue weighted by molar-refractivity contribution is 0.168. The molecule has 0 heterocycles. The Balaban J connectivity index is 0.00000256. The monoisotopic (exact) mass is 239 g/mol. The van der Waals surface area contributed by atoms with Crippen LogP contribution in [0.1, 0.15) is 19.4 Å². The minimum absolute atomic E-state index is 0. The lowest BCUT2D eigenvalue weighted by Crippen LogP contribution is -2.18. The van der Waals surface area contributed by atoms with Gasteiger partial charge in [0.05, 0.1) is 6.61 Å². The number of nitrogens with one attached hydrogen (secondary N) is 1. The van der Waals surface area contributed by atoms with Crippen molar-refractivity contribution in [2.24, 2.45) is 5.73 Å². The van der Waals surface area contributed by atoms with Gasteiger partial charge in [-0.2, -0.15) is 0 Å². The molecule has 6 N–H and O–H groups in total. The molecule has 0 aliphatic rings. The Labute approximate surface area is 102 Å². The average Bonchev–Trinajstić information content (AvgIpc) is 2.17. The second-order valence-corrected chi connectivity index (χ2v) is 3.73. The van der Waals surface area contributed by atoms with Crippen LogP contribution in [0.3, 0.4) is 0 Å². The first-order valence-electron chi connectivity index (χ1n) is 5.40. The smallest absolute Gasteiger partial charge is 0.411 e. The van der Waals surface area contributed by atoms with Gasteiger partial charge in [-0.1, -0.05) is 12.1 Å². The van der Waals surface area contributed by atoms with E-state index in [2.05, 4.69) is 5.32 Å². The first-order chi connectivity index (χ1) is 7.61. The van der Waals surface area contributed by atoms with Gasteiger partial charge >= 0.3 is 6.09 Å². The molecular weight excluding hydrogens is 218 g/mol. The predicted molar refractivity (Wildman–Crippen MR) is 69.5 cm³/mol. The topological polar surface area (TPSA) is 99.3 Å². The largest absolute Gasteiger partial charge is 0.450 e. The molecule has 0 radical (unpaired) electrons. The molecule has 0 aliphatic carbocycles. The molecule has 0 aliphatic heterocycles. The molecule has 0 spiro atoms. The van der Waals surface area contributed by atoms with E-state index in [-0.39, 0.29) is 12.2 Å². The lowest BCUT2D eigenvalue weighted by atomic mass is 10.1. The number of carbonyl (C=O) groups excluding carboxylic acids is 1. The highest BCUT2D eigenvalue weighted by atomic mass is 16.5. The second-order valence-electron chi connectivity index (χ2n) is 3.73. The summed E-state index contributed by atoms with van der Waals surface area (Å²) in [6.45, 7) is 4.09. The first-order valence-corrected chi connectivity index (χ1v) is 5.40. The van der Waals surface area contributed by atoms with Crippen LogP contribution in [0.4, 0.5) is 10.5 Å². The minimum Gasteiger partial charge on any atom is -0.450 e. The number of hydrogen-bond acceptors (Lipinski definition) is 4. The van der Waals surface area contributed by atoms with Crippen LogP contribution in [0, 0.1) is 0 Å². The molecule has 96 valence electrons. The summed E-state index contributed by atoms with van der Waals surface area (Å²) in [5, 5.41) is 2.65. The Morgan fingerprint density at radius 2 is 2.24 bits per heavy atom. The molecule has 1 unspecified atom stereocenters. The molecule has 5 nitrogen and oxygen atoms in total. The summed E-state index contributed by atoms with van der Waals surface area (Å²) < 4.78 is 4.79.